The number of benzene rings is 5. The standard InChI is InChI=1S/C35H28F3NO3/c36-35(37,38)29-19-12-20-30(25-29)39-32-22-11-10-21-31(32)33(40)41-23-24-42-34(26-13-4-1-5-14-26,27-15-6-2-7-16-27)28-17-8-3-9-18-28/h1-22,25,39H,23-24H2. The summed E-state index contributed by atoms with van der Waals surface area (Å²) in [6.45, 7) is 0.0264. The van der Waals surface area contributed by atoms with Crippen LogP contribution in [0.4, 0.5) is 24.5 Å². The zero-order valence-electron chi connectivity index (χ0n) is 22.6. The summed E-state index contributed by atoms with van der Waals surface area (Å²) in [6.07, 6.45) is -4.48. The summed E-state index contributed by atoms with van der Waals surface area (Å²) < 4.78 is 51.8. The second-order valence-corrected chi connectivity index (χ2v) is 9.51. The number of hydrogen-bond acceptors (Lipinski definition) is 4. The molecule has 5 aromatic carbocycles. The monoisotopic (exact) mass is 567 g/mol. The van der Waals surface area contributed by atoms with Gasteiger partial charge in [0.05, 0.1) is 23.4 Å². The van der Waals surface area contributed by atoms with Crippen LogP contribution in [0.1, 0.15) is 32.6 Å². The molecule has 0 radical (unpaired) electrons. The molecule has 5 rings (SSSR count). The molecule has 0 atom stereocenters. The van der Waals surface area contributed by atoms with Crippen LogP contribution in [0, 0.1) is 0 Å². The number of carbonyl (C=O) groups is 1. The smallest absolute Gasteiger partial charge is 0.416 e. The van der Waals surface area contributed by atoms with Gasteiger partial charge < -0.3 is 14.8 Å². The molecule has 0 spiro atoms. The van der Waals surface area contributed by atoms with Gasteiger partial charge in [-0.15, -0.1) is 0 Å². The Hall–Kier alpha value is -4.88. The average molecular weight is 568 g/mol. The molecule has 7 heteroatoms. The number of halogens is 3. The minimum Gasteiger partial charge on any atom is -0.460 e. The van der Waals surface area contributed by atoms with Gasteiger partial charge in [-0.25, -0.2) is 4.79 Å². The first-order valence-electron chi connectivity index (χ1n) is 13.4. The number of hydrogen-bond donors (Lipinski definition) is 1. The molecule has 0 amide bonds. The number of nitrogens with one attached hydrogen (secondary N) is 1. The third-order valence-corrected chi connectivity index (χ3v) is 6.79. The van der Waals surface area contributed by atoms with Gasteiger partial charge >= 0.3 is 12.1 Å². The van der Waals surface area contributed by atoms with Crippen molar-refractivity contribution in [2.75, 3.05) is 18.5 Å². The topological polar surface area (TPSA) is 47.6 Å². The molecule has 0 saturated heterocycles. The normalized spacial score (nSPS) is 11.6. The largest absolute Gasteiger partial charge is 0.460 e. The highest BCUT2D eigenvalue weighted by atomic mass is 19.4. The van der Waals surface area contributed by atoms with Crippen LogP contribution in [-0.2, 0) is 21.3 Å². The molecule has 42 heavy (non-hydrogen) atoms. The summed E-state index contributed by atoms with van der Waals surface area (Å²) in [5.74, 6) is -0.626. The van der Waals surface area contributed by atoms with Gasteiger partial charge in [0.1, 0.15) is 12.2 Å². The summed E-state index contributed by atoms with van der Waals surface area (Å²) in [5.41, 5.74) is 1.73. The fourth-order valence-corrected chi connectivity index (χ4v) is 4.87. The van der Waals surface area contributed by atoms with Crippen LogP contribution < -0.4 is 5.32 Å². The lowest BCUT2D eigenvalue weighted by Gasteiger charge is -2.36. The SMILES string of the molecule is O=C(OCCOC(c1ccccc1)(c1ccccc1)c1ccccc1)c1ccccc1Nc1cccc(C(F)(F)F)c1. The molecule has 4 nitrogen and oxygen atoms in total. The summed E-state index contributed by atoms with van der Waals surface area (Å²) >= 11 is 0. The van der Waals surface area contributed by atoms with Crippen molar-refractivity contribution in [2.45, 2.75) is 11.8 Å². The van der Waals surface area contributed by atoms with E-state index in [4.69, 9.17) is 9.47 Å². The van der Waals surface area contributed by atoms with Gasteiger partial charge in [0, 0.05) is 5.69 Å². The van der Waals surface area contributed by atoms with E-state index in [-0.39, 0.29) is 24.5 Å². The first-order chi connectivity index (χ1) is 20.4. The Labute approximate surface area is 242 Å². The quantitative estimate of drug-likeness (QED) is 0.104. The summed E-state index contributed by atoms with van der Waals surface area (Å²) in [6, 6.07) is 40.9. The van der Waals surface area contributed by atoms with Crippen molar-refractivity contribution in [1.82, 2.24) is 0 Å². The van der Waals surface area contributed by atoms with E-state index >= 15 is 0 Å². The maximum absolute atomic E-state index is 13.2. The Morgan fingerprint density at radius 1 is 0.595 bits per heavy atom. The van der Waals surface area contributed by atoms with E-state index in [1.807, 2.05) is 91.0 Å². The van der Waals surface area contributed by atoms with Crippen LogP contribution in [-0.4, -0.2) is 19.2 Å². The lowest BCUT2D eigenvalue weighted by Crippen LogP contribution is -2.34. The van der Waals surface area contributed by atoms with Crippen LogP contribution in [0.2, 0.25) is 0 Å². The van der Waals surface area contributed by atoms with Crippen LogP contribution >= 0.6 is 0 Å². The van der Waals surface area contributed by atoms with Crippen molar-refractivity contribution < 1.29 is 27.4 Å². The average Bonchev–Trinajstić information content (AvgIpc) is 3.02. The minimum atomic E-state index is -4.48. The molecule has 5 aromatic rings. The van der Waals surface area contributed by atoms with E-state index < -0.39 is 23.3 Å². The molecule has 0 unspecified atom stereocenters. The number of esters is 1. The van der Waals surface area contributed by atoms with Gasteiger partial charge in [-0.05, 0) is 47.0 Å². The van der Waals surface area contributed by atoms with E-state index in [0.717, 1.165) is 28.8 Å². The van der Waals surface area contributed by atoms with Crippen molar-refractivity contribution in [2.24, 2.45) is 0 Å². The van der Waals surface area contributed by atoms with Crippen LogP contribution in [0.3, 0.4) is 0 Å². The molecular weight excluding hydrogens is 539 g/mol. The summed E-state index contributed by atoms with van der Waals surface area (Å²) in [5, 5.41) is 2.91. The van der Waals surface area contributed by atoms with Crippen LogP contribution in [0.5, 0.6) is 0 Å². The van der Waals surface area contributed by atoms with Gasteiger partial charge in [-0.1, -0.05) is 109 Å². The Bertz CT molecular complexity index is 1510. The number of anilines is 2. The summed E-state index contributed by atoms with van der Waals surface area (Å²) in [7, 11) is 0. The Morgan fingerprint density at radius 2 is 1.10 bits per heavy atom. The predicted octanol–water partition coefficient (Wildman–Crippen LogP) is 8.61. The molecule has 1 N–H and O–H groups in total. The fourth-order valence-electron chi connectivity index (χ4n) is 4.87. The molecule has 0 aliphatic carbocycles. The second-order valence-electron chi connectivity index (χ2n) is 9.51. The van der Waals surface area contributed by atoms with Crippen molar-refractivity contribution in [3.63, 3.8) is 0 Å². The van der Waals surface area contributed by atoms with E-state index in [0.29, 0.717) is 5.69 Å². The van der Waals surface area contributed by atoms with Crippen molar-refractivity contribution in [1.29, 1.82) is 0 Å². The van der Waals surface area contributed by atoms with Gasteiger partial charge in [0.15, 0.2) is 0 Å². The molecular formula is C35H28F3NO3. The number of carbonyl (C=O) groups excluding carboxylic acids is 1. The number of alkyl halides is 3. The Kier molecular flexibility index (Phi) is 8.69. The highest BCUT2D eigenvalue weighted by Crippen LogP contribution is 2.40. The van der Waals surface area contributed by atoms with Gasteiger partial charge in [0.2, 0.25) is 0 Å². The second kappa shape index (κ2) is 12.7. The first kappa shape index (κ1) is 28.6. The summed E-state index contributed by atoms with van der Waals surface area (Å²) in [4.78, 5) is 13.1. The van der Waals surface area contributed by atoms with E-state index in [1.165, 1.54) is 12.1 Å². The Balaban J connectivity index is 1.35. The maximum atomic E-state index is 13.2. The molecule has 0 bridgehead atoms. The van der Waals surface area contributed by atoms with Crippen molar-refractivity contribution >= 4 is 17.3 Å². The molecule has 0 heterocycles. The molecule has 0 aliphatic heterocycles. The number of para-hydroxylation sites is 1. The zero-order chi connectivity index (χ0) is 29.4. The first-order valence-corrected chi connectivity index (χ1v) is 13.4. The molecule has 0 aliphatic rings. The molecule has 0 aromatic heterocycles. The van der Waals surface area contributed by atoms with Gasteiger partial charge in [-0.3, -0.25) is 0 Å². The molecule has 0 fully saturated rings. The zero-order valence-corrected chi connectivity index (χ0v) is 22.6. The molecule has 0 saturated carbocycles. The molecule has 212 valence electrons. The minimum absolute atomic E-state index is 0.0506. The van der Waals surface area contributed by atoms with E-state index in [1.54, 1.807) is 24.3 Å². The van der Waals surface area contributed by atoms with Crippen molar-refractivity contribution in [3.8, 4) is 0 Å². The van der Waals surface area contributed by atoms with Crippen LogP contribution in [0.15, 0.2) is 140 Å². The van der Waals surface area contributed by atoms with Gasteiger partial charge in [-0.2, -0.15) is 13.2 Å². The van der Waals surface area contributed by atoms with E-state index in [9.17, 15) is 18.0 Å². The third kappa shape index (κ3) is 6.37. The van der Waals surface area contributed by atoms with Crippen molar-refractivity contribution in [3.05, 3.63) is 167 Å². The highest BCUT2D eigenvalue weighted by molar-refractivity contribution is 5.96. The lowest BCUT2D eigenvalue weighted by molar-refractivity contribution is -0.137. The Morgan fingerprint density at radius 3 is 1.64 bits per heavy atom. The van der Waals surface area contributed by atoms with Gasteiger partial charge in [0.25, 0.3) is 0 Å². The van der Waals surface area contributed by atoms with E-state index in [2.05, 4.69) is 5.32 Å². The number of rotatable bonds is 10. The van der Waals surface area contributed by atoms with Crippen LogP contribution in [0.25, 0.3) is 0 Å². The predicted molar refractivity (Wildman–Crippen MR) is 157 cm³/mol. The highest BCUT2D eigenvalue weighted by Gasteiger charge is 2.37. The lowest BCUT2D eigenvalue weighted by atomic mass is 9.80. The maximum Gasteiger partial charge on any atom is 0.416 e. The third-order valence-electron chi connectivity index (χ3n) is 6.79. The fraction of sp³-hybridized carbons (Fsp3) is 0.114. The number of ether oxygens (including phenoxy) is 2.